The number of hydrogen-bond donors (Lipinski definition) is 1. The Bertz CT molecular complexity index is 482. The first-order chi connectivity index (χ1) is 10.7. The van der Waals surface area contributed by atoms with E-state index >= 15 is 0 Å². The third-order valence-corrected chi connectivity index (χ3v) is 5.63. The van der Waals surface area contributed by atoms with Gasteiger partial charge in [-0.2, -0.15) is 0 Å². The van der Waals surface area contributed by atoms with Crippen LogP contribution in [0.1, 0.15) is 26.2 Å². The highest BCUT2D eigenvalue weighted by Gasteiger charge is 2.37. The molecule has 2 atom stereocenters. The Hall–Kier alpha value is -1.08. The van der Waals surface area contributed by atoms with Crippen LogP contribution >= 0.6 is 11.8 Å². The van der Waals surface area contributed by atoms with Crippen molar-refractivity contribution in [1.82, 2.24) is 15.1 Å². The summed E-state index contributed by atoms with van der Waals surface area (Å²) < 4.78 is 0. The minimum atomic E-state index is -0.229. The number of likely N-dealkylation sites (N-methyl/N-ethyl adjacent to an activating group) is 1. The molecule has 2 amide bonds. The van der Waals surface area contributed by atoms with Crippen molar-refractivity contribution in [2.75, 3.05) is 38.5 Å². The number of amidine groups is 1. The Morgan fingerprint density at radius 2 is 2.36 bits per heavy atom. The average Bonchev–Trinajstić information content (AvgIpc) is 3.22. The maximum Gasteiger partial charge on any atom is 0.231 e. The fourth-order valence-electron chi connectivity index (χ4n) is 3.52. The van der Waals surface area contributed by atoms with Crippen LogP contribution in [0.3, 0.4) is 0 Å². The van der Waals surface area contributed by atoms with Gasteiger partial charge in [0.1, 0.15) is 0 Å². The third kappa shape index (κ3) is 3.46. The molecule has 0 radical (unpaired) electrons. The van der Waals surface area contributed by atoms with E-state index in [1.54, 1.807) is 11.8 Å². The number of carbonyl (C=O) groups is 2. The highest BCUT2D eigenvalue weighted by molar-refractivity contribution is 8.14. The summed E-state index contributed by atoms with van der Waals surface area (Å²) >= 11 is 1.57. The van der Waals surface area contributed by atoms with E-state index in [1.807, 2.05) is 4.90 Å². The van der Waals surface area contributed by atoms with Crippen molar-refractivity contribution >= 4 is 28.7 Å². The van der Waals surface area contributed by atoms with Crippen LogP contribution in [0.2, 0.25) is 0 Å². The van der Waals surface area contributed by atoms with Crippen LogP contribution in [0, 0.1) is 5.92 Å². The quantitative estimate of drug-likeness (QED) is 0.820. The van der Waals surface area contributed by atoms with Gasteiger partial charge in [0.15, 0.2) is 5.17 Å². The summed E-state index contributed by atoms with van der Waals surface area (Å²) in [6.07, 6.45) is 2.70. The van der Waals surface area contributed by atoms with Crippen LogP contribution < -0.4 is 5.32 Å². The lowest BCUT2D eigenvalue weighted by atomic mass is 10.1. The molecule has 6 nitrogen and oxygen atoms in total. The smallest absolute Gasteiger partial charge is 0.231 e. The van der Waals surface area contributed by atoms with Gasteiger partial charge < -0.3 is 10.2 Å². The number of hydrogen-bond acceptors (Lipinski definition) is 5. The van der Waals surface area contributed by atoms with Crippen molar-refractivity contribution in [2.45, 2.75) is 32.2 Å². The topological polar surface area (TPSA) is 65.0 Å². The summed E-state index contributed by atoms with van der Waals surface area (Å²) in [5.41, 5.74) is 0. The lowest BCUT2D eigenvalue weighted by molar-refractivity contribution is -0.129. The zero-order valence-electron chi connectivity index (χ0n) is 13.1. The highest BCUT2D eigenvalue weighted by Crippen LogP contribution is 2.23. The summed E-state index contributed by atoms with van der Waals surface area (Å²) in [7, 11) is 0. The molecule has 0 aromatic heterocycles. The predicted octanol–water partition coefficient (Wildman–Crippen LogP) is 0.538. The minimum Gasteiger partial charge on any atom is -0.340 e. The average molecular weight is 324 g/mol. The summed E-state index contributed by atoms with van der Waals surface area (Å²) in [6.45, 7) is 6.42. The number of aliphatic imine (C=N–C) groups is 1. The van der Waals surface area contributed by atoms with Crippen molar-refractivity contribution in [3.8, 4) is 0 Å². The fourth-order valence-corrected chi connectivity index (χ4v) is 4.25. The maximum absolute atomic E-state index is 12.3. The normalized spacial score (nSPS) is 29.2. The van der Waals surface area contributed by atoms with E-state index in [-0.39, 0.29) is 17.7 Å². The number of amides is 2. The Morgan fingerprint density at radius 3 is 3.09 bits per heavy atom. The number of likely N-dealkylation sites (tertiary alicyclic amines) is 2. The van der Waals surface area contributed by atoms with Crippen LogP contribution in [-0.2, 0) is 9.59 Å². The molecule has 1 N–H and O–H groups in total. The number of carbonyl (C=O) groups excluding carboxylic acids is 2. The molecule has 122 valence electrons. The molecule has 0 spiro atoms. The second-order valence-corrected chi connectivity index (χ2v) is 7.23. The van der Waals surface area contributed by atoms with Gasteiger partial charge in [-0.1, -0.05) is 18.7 Å². The molecule has 22 heavy (non-hydrogen) atoms. The first-order valence-corrected chi connectivity index (χ1v) is 9.16. The van der Waals surface area contributed by atoms with E-state index in [4.69, 9.17) is 0 Å². The number of rotatable bonds is 4. The van der Waals surface area contributed by atoms with E-state index in [0.717, 1.165) is 38.4 Å². The van der Waals surface area contributed by atoms with Crippen molar-refractivity contribution in [2.24, 2.45) is 10.9 Å². The van der Waals surface area contributed by atoms with E-state index in [9.17, 15) is 9.59 Å². The van der Waals surface area contributed by atoms with Gasteiger partial charge in [0.05, 0.1) is 12.5 Å². The Kier molecular flexibility index (Phi) is 5.03. The zero-order chi connectivity index (χ0) is 15.5. The van der Waals surface area contributed by atoms with E-state index in [1.165, 1.54) is 6.42 Å². The molecule has 3 aliphatic heterocycles. The Morgan fingerprint density at radius 1 is 1.50 bits per heavy atom. The molecule has 2 fully saturated rings. The SMILES string of the molecule is CCN1CCC[C@@H]1CN1C[C@@H](C(=O)NC2=NCCS2)CC1=O. The van der Waals surface area contributed by atoms with E-state index in [2.05, 4.69) is 22.1 Å². The molecule has 7 heteroatoms. The number of thioether (sulfide) groups is 1. The van der Waals surface area contributed by atoms with E-state index in [0.29, 0.717) is 24.2 Å². The Labute approximate surface area is 135 Å². The molecule has 0 aromatic carbocycles. The van der Waals surface area contributed by atoms with Gasteiger partial charge in [0, 0.05) is 31.3 Å². The van der Waals surface area contributed by atoms with Crippen LogP contribution in [0.25, 0.3) is 0 Å². The van der Waals surface area contributed by atoms with E-state index < -0.39 is 0 Å². The van der Waals surface area contributed by atoms with Crippen molar-refractivity contribution < 1.29 is 9.59 Å². The van der Waals surface area contributed by atoms with Gasteiger partial charge in [-0.15, -0.1) is 0 Å². The monoisotopic (exact) mass is 324 g/mol. The Balaban J connectivity index is 1.52. The molecule has 0 saturated carbocycles. The van der Waals surface area contributed by atoms with Gasteiger partial charge in [-0.05, 0) is 25.9 Å². The van der Waals surface area contributed by atoms with Crippen LogP contribution in [0.5, 0.6) is 0 Å². The second-order valence-electron chi connectivity index (χ2n) is 6.15. The van der Waals surface area contributed by atoms with Crippen LogP contribution in [0.15, 0.2) is 4.99 Å². The molecule has 3 aliphatic rings. The molecule has 3 rings (SSSR count). The molecule has 0 aromatic rings. The standard InChI is InChI=1S/C15H24N4O2S/c1-2-18-6-3-4-12(18)10-19-9-11(8-13(19)20)14(21)17-15-16-5-7-22-15/h11-12H,2-10H2,1H3,(H,16,17,21)/t11-,12+/m0/s1. The van der Waals surface area contributed by atoms with Gasteiger partial charge in [0.25, 0.3) is 0 Å². The second kappa shape index (κ2) is 7.00. The molecular weight excluding hydrogens is 300 g/mol. The molecular formula is C15H24N4O2S. The largest absolute Gasteiger partial charge is 0.340 e. The minimum absolute atomic E-state index is 0.0530. The van der Waals surface area contributed by atoms with Gasteiger partial charge >= 0.3 is 0 Å². The van der Waals surface area contributed by atoms with Gasteiger partial charge in [0.2, 0.25) is 11.8 Å². The van der Waals surface area contributed by atoms with Crippen molar-refractivity contribution in [3.63, 3.8) is 0 Å². The van der Waals surface area contributed by atoms with Gasteiger partial charge in [-0.25, -0.2) is 0 Å². The van der Waals surface area contributed by atoms with Crippen molar-refractivity contribution in [1.29, 1.82) is 0 Å². The summed E-state index contributed by atoms with van der Waals surface area (Å²) in [5.74, 6) is 0.764. The highest BCUT2D eigenvalue weighted by atomic mass is 32.2. The van der Waals surface area contributed by atoms with Crippen LogP contribution in [-0.4, -0.2) is 71.3 Å². The van der Waals surface area contributed by atoms with Crippen LogP contribution in [0.4, 0.5) is 0 Å². The summed E-state index contributed by atoms with van der Waals surface area (Å²) in [5, 5.41) is 3.57. The third-order valence-electron chi connectivity index (χ3n) is 4.74. The molecule has 0 unspecified atom stereocenters. The molecule has 0 bridgehead atoms. The lowest BCUT2D eigenvalue weighted by Gasteiger charge is -2.27. The lowest BCUT2D eigenvalue weighted by Crippen LogP contribution is -2.41. The summed E-state index contributed by atoms with van der Waals surface area (Å²) in [6, 6.07) is 0.463. The predicted molar refractivity (Wildman–Crippen MR) is 87.9 cm³/mol. The molecule has 3 heterocycles. The fraction of sp³-hybridized carbons (Fsp3) is 0.800. The zero-order valence-corrected chi connectivity index (χ0v) is 13.9. The van der Waals surface area contributed by atoms with Gasteiger partial charge in [-0.3, -0.25) is 19.5 Å². The molecule has 0 aliphatic carbocycles. The molecule has 2 saturated heterocycles. The maximum atomic E-state index is 12.3. The summed E-state index contributed by atoms with van der Waals surface area (Å²) in [4.78, 5) is 33.0. The number of nitrogens with one attached hydrogen (secondary N) is 1. The first kappa shape index (κ1) is 15.8. The van der Waals surface area contributed by atoms with Crippen molar-refractivity contribution in [3.05, 3.63) is 0 Å². The first-order valence-electron chi connectivity index (χ1n) is 8.17. The number of nitrogens with zero attached hydrogens (tertiary/aromatic N) is 3.